The Morgan fingerprint density at radius 1 is 0.385 bits per heavy atom. The lowest BCUT2D eigenvalue weighted by atomic mass is 9.82. The fraction of sp³-hybridized carbons (Fsp3) is 0.0588. The molecule has 1 heterocycles. The summed E-state index contributed by atoms with van der Waals surface area (Å²) >= 11 is 0. The smallest absolute Gasteiger partial charge is 0.0622 e. The summed E-state index contributed by atoms with van der Waals surface area (Å²) in [7, 11) is 0. The quantitative estimate of drug-likeness (QED) is 0.166. The van der Waals surface area contributed by atoms with Gasteiger partial charge in [-0.15, -0.1) is 0 Å². The van der Waals surface area contributed by atoms with E-state index in [4.69, 9.17) is 0 Å². The molecule has 1 aliphatic rings. The van der Waals surface area contributed by atoms with Crippen molar-refractivity contribution in [1.82, 2.24) is 4.57 Å². The SMILES string of the molecule is CC1(C)c2ccccc2-c2c1ccc1c3c(-c4cc(-c5ccccc5)c5c6ccccc6c6ccccc6c5c4)cccc3n(-c3ccccc3)c21. The topological polar surface area (TPSA) is 4.93 Å². The molecule has 0 saturated carbocycles. The monoisotopic (exact) mass is 661 g/mol. The lowest BCUT2D eigenvalue weighted by molar-refractivity contribution is 0.661. The summed E-state index contributed by atoms with van der Waals surface area (Å²) in [6, 6.07) is 65.3. The number of aromatic nitrogens is 1. The molecule has 11 rings (SSSR count). The fourth-order valence-electron chi connectivity index (χ4n) is 9.46. The van der Waals surface area contributed by atoms with Gasteiger partial charge in [-0.2, -0.15) is 0 Å². The normalized spacial score (nSPS) is 13.3. The van der Waals surface area contributed by atoms with E-state index in [2.05, 4.69) is 194 Å². The van der Waals surface area contributed by atoms with Crippen LogP contribution in [0.2, 0.25) is 0 Å². The molecule has 9 aromatic carbocycles. The van der Waals surface area contributed by atoms with Gasteiger partial charge in [0.05, 0.1) is 11.0 Å². The number of para-hydroxylation sites is 1. The van der Waals surface area contributed by atoms with Gasteiger partial charge in [0.1, 0.15) is 0 Å². The number of rotatable bonds is 3. The number of nitrogens with zero attached hydrogens (tertiary/aromatic N) is 1. The molecule has 0 bridgehead atoms. The van der Waals surface area contributed by atoms with Crippen molar-refractivity contribution in [3.63, 3.8) is 0 Å². The summed E-state index contributed by atoms with van der Waals surface area (Å²) in [6.07, 6.45) is 0. The molecule has 0 N–H and O–H groups in total. The van der Waals surface area contributed by atoms with E-state index in [-0.39, 0.29) is 5.41 Å². The van der Waals surface area contributed by atoms with Crippen LogP contribution < -0.4 is 0 Å². The minimum atomic E-state index is -0.0896. The van der Waals surface area contributed by atoms with Crippen LogP contribution in [0.3, 0.4) is 0 Å². The van der Waals surface area contributed by atoms with E-state index in [1.807, 2.05) is 0 Å². The van der Waals surface area contributed by atoms with Gasteiger partial charge in [-0.3, -0.25) is 0 Å². The van der Waals surface area contributed by atoms with Crippen LogP contribution in [0.5, 0.6) is 0 Å². The zero-order valence-corrected chi connectivity index (χ0v) is 29.2. The van der Waals surface area contributed by atoms with Crippen molar-refractivity contribution in [3.05, 3.63) is 187 Å². The maximum Gasteiger partial charge on any atom is 0.0622 e. The predicted molar refractivity (Wildman–Crippen MR) is 222 cm³/mol. The zero-order chi connectivity index (χ0) is 34.6. The van der Waals surface area contributed by atoms with Crippen LogP contribution in [-0.4, -0.2) is 4.57 Å². The van der Waals surface area contributed by atoms with E-state index >= 15 is 0 Å². The van der Waals surface area contributed by atoms with Crippen LogP contribution in [0.1, 0.15) is 25.0 Å². The Labute approximate surface area is 303 Å². The maximum atomic E-state index is 2.52. The Balaban J connectivity index is 1.32. The third kappa shape index (κ3) is 3.94. The maximum absolute atomic E-state index is 2.52. The molecule has 10 aromatic rings. The van der Waals surface area contributed by atoms with Gasteiger partial charge in [-0.1, -0.05) is 159 Å². The van der Waals surface area contributed by atoms with Crippen molar-refractivity contribution in [3.8, 4) is 39.1 Å². The molecule has 0 amide bonds. The molecular weight excluding hydrogens is 627 g/mol. The second-order valence-corrected chi connectivity index (χ2v) is 14.8. The molecule has 1 aliphatic carbocycles. The van der Waals surface area contributed by atoms with E-state index in [1.54, 1.807) is 0 Å². The van der Waals surface area contributed by atoms with E-state index < -0.39 is 0 Å². The van der Waals surface area contributed by atoms with Crippen molar-refractivity contribution in [2.24, 2.45) is 0 Å². The van der Waals surface area contributed by atoms with Gasteiger partial charge in [0.15, 0.2) is 0 Å². The molecule has 0 spiro atoms. The average molecular weight is 662 g/mol. The average Bonchev–Trinajstić information content (AvgIpc) is 3.67. The first-order valence-corrected chi connectivity index (χ1v) is 18.3. The highest BCUT2D eigenvalue weighted by Gasteiger charge is 2.37. The van der Waals surface area contributed by atoms with E-state index in [9.17, 15) is 0 Å². The van der Waals surface area contributed by atoms with Crippen LogP contribution in [0.25, 0.3) is 93.2 Å². The first-order valence-electron chi connectivity index (χ1n) is 18.3. The highest BCUT2D eigenvalue weighted by molar-refractivity contribution is 6.30. The number of hydrogen-bond donors (Lipinski definition) is 0. The third-order valence-electron chi connectivity index (χ3n) is 11.7. The van der Waals surface area contributed by atoms with Crippen LogP contribution in [0.4, 0.5) is 0 Å². The lowest BCUT2D eigenvalue weighted by Gasteiger charge is -2.21. The first-order chi connectivity index (χ1) is 25.6. The van der Waals surface area contributed by atoms with Crippen molar-refractivity contribution in [1.29, 1.82) is 0 Å². The largest absolute Gasteiger partial charge is 0.309 e. The van der Waals surface area contributed by atoms with E-state index in [0.29, 0.717) is 0 Å². The second kappa shape index (κ2) is 10.8. The van der Waals surface area contributed by atoms with Gasteiger partial charge in [0, 0.05) is 27.4 Å². The molecule has 0 radical (unpaired) electrons. The molecular formula is C51H35N. The highest BCUT2D eigenvalue weighted by Crippen LogP contribution is 2.54. The number of hydrogen-bond acceptors (Lipinski definition) is 0. The summed E-state index contributed by atoms with van der Waals surface area (Å²) in [4.78, 5) is 0. The molecule has 0 unspecified atom stereocenters. The number of fused-ring (bicyclic) bond motifs is 13. The van der Waals surface area contributed by atoms with Crippen LogP contribution in [-0.2, 0) is 5.41 Å². The standard InChI is InChI=1S/C51H35N/c1-51(2)44-26-14-13-24-40(44)49-45(51)29-28-41-48-35(25-15-27-46(48)52(50(41)49)34-18-7-4-8-19-34)33-30-42(32-16-5-3-6-17-32)47-39-23-12-11-21-37(39)36-20-9-10-22-38(36)43(47)31-33/h3-31H,1-2H3. The molecule has 244 valence electrons. The van der Waals surface area contributed by atoms with Crippen LogP contribution >= 0.6 is 0 Å². The van der Waals surface area contributed by atoms with E-state index in [1.165, 1.54) is 104 Å². The zero-order valence-electron chi connectivity index (χ0n) is 29.2. The van der Waals surface area contributed by atoms with Crippen molar-refractivity contribution in [2.45, 2.75) is 19.3 Å². The molecule has 0 saturated heterocycles. The van der Waals surface area contributed by atoms with Crippen LogP contribution in [0, 0.1) is 0 Å². The number of benzene rings is 9. The minimum Gasteiger partial charge on any atom is -0.309 e. The summed E-state index contributed by atoms with van der Waals surface area (Å²) in [5, 5.41) is 10.3. The molecule has 1 aromatic heterocycles. The molecule has 1 heteroatoms. The first kappa shape index (κ1) is 29.3. The van der Waals surface area contributed by atoms with Gasteiger partial charge in [-0.05, 0) is 102 Å². The summed E-state index contributed by atoms with van der Waals surface area (Å²) < 4.78 is 2.52. The Bertz CT molecular complexity index is 3070. The lowest BCUT2D eigenvalue weighted by Crippen LogP contribution is -2.14. The second-order valence-electron chi connectivity index (χ2n) is 14.8. The van der Waals surface area contributed by atoms with Gasteiger partial charge >= 0.3 is 0 Å². The Morgan fingerprint density at radius 3 is 1.77 bits per heavy atom. The summed E-state index contributed by atoms with van der Waals surface area (Å²) in [5.41, 5.74) is 14.0. The molecule has 52 heavy (non-hydrogen) atoms. The van der Waals surface area contributed by atoms with Gasteiger partial charge < -0.3 is 4.57 Å². The van der Waals surface area contributed by atoms with Crippen molar-refractivity contribution >= 4 is 54.1 Å². The van der Waals surface area contributed by atoms with Crippen LogP contribution in [0.15, 0.2) is 176 Å². The van der Waals surface area contributed by atoms with Crippen molar-refractivity contribution < 1.29 is 0 Å². The minimum absolute atomic E-state index is 0.0896. The summed E-state index contributed by atoms with van der Waals surface area (Å²) in [6.45, 7) is 4.75. The van der Waals surface area contributed by atoms with Gasteiger partial charge in [0.25, 0.3) is 0 Å². The van der Waals surface area contributed by atoms with E-state index in [0.717, 1.165) is 0 Å². The Hall–Kier alpha value is -6.44. The third-order valence-corrected chi connectivity index (χ3v) is 11.7. The predicted octanol–water partition coefficient (Wildman–Crippen LogP) is 13.9. The molecule has 0 atom stereocenters. The van der Waals surface area contributed by atoms with Gasteiger partial charge in [0.2, 0.25) is 0 Å². The molecule has 0 fully saturated rings. The highest BCUT2D eigenvalue weighted by atomic mass is 15.0. The summed E-state index contributed by atoms with van der Waals surface area (Å²) in [5.74, 6) is 0. The van der Waals surface area contributed by atoms with Gasteiger partial charge in [-0.25, -0.2) is 0 Å². The Morgan fingerprint density at radius 2 is 1.00 bits per heavy atom. The van der Waals surface area contributed by atoms with Crippen molar-refractivity contribution in [2.75, 3.05) is 0 Å². The molecule has 0 aliphatic heterocycles. The molecule has 1 nitrogen and oxygen atoms in total. The Kier molecular flexibility index (Phi) is 6.08. The fourth-order valence-corrected chi connectivity index (χ4v) is 9.46.